The molecule has 1 aromatic carbocycles. The Kier molecular flexibility index (Phi) is 9.24. The van der Waals surface area contributed by atoms with E-state index in [1.165, 1.54) is 30.4 Å². The average molecular weight is 323 g/mol. The Morgan fingerprint density at radius 3 is 2.08 bits per heavy atom. The summed E-state index contributed by atoms with van der Waals surface area (Å²) >= 11 is 0. The largest absolute Gasteiger partial charge is 0.0683 e. The van der Waals surface area contributed by atoms with Crippen LogP contribution in [0.25, 0.3) is 0 Å². The SMILES string of the molecule is CC.Cc1ccc(C#CC2=CC=C(C(C)CCC(C)C)CC2)cc1. The lowest BCUT2D eigenvalue weighted by atomic mass is 9.86. The lowest BCUT2D eigenvalue weighted by molar-refractivity contribution is 0.480. The first-order chi connectivity index (χ1) is 11.5. The van der Waals surface area contributed by atoms with Crippen LogP contribution in [0, 0.1) is 30.6 Å². The third-order valence-electron chi connectivity index (χ3n) is 4.41. The van der Waals surface area contributed by atoms with Gasteiger partial charge in [0.05, 0.1) is 0 Å². The second-order valence-electron chi connectivity index (χ2n) is 6.92. The molecule has 0 heterocycles. The molecule has 0 nitrogen and oxygen atoms in total. The highest BCUT2D eigenvalue weighted by atomic mass is 14.2. The highest BCUT2D eigenvalue weighted by molar-refractivity contribution is 5.44. The van der Waals surface area contributed by atoms with Gasteiger partial charge in [0.1, 0.15) is 0 Å². The number of hydrogen-bond donors (Lipinski definition) is 0. The Hall–Kier alpha value is -1.74. The maximum Gasteiger partial charge on any atom is 0.0249 e. The number of rotatable bonds is 4. The fraction of sp³-hybridized carbons (Fsp3) is 0.500. The molecule has 0 saturated carbocycles. The van der Waals surface area contributed by atoms with Crippen molar-refractivity contribution in [3.8, 4) is 11.8 Å². The molecule has 0 bridgehead atoms. The molecule has 130 valence electrons. The van der Waals surface area contributed by atoms with Gasteiger partial charge >= 0.3 is 0 Å². The standard InChI is InChI=1S/C22H28.C2H6/c1-17(2)5-8-19(4)22-15-13-21(14-16-22)12-11-20-9-6-18(3)7-10-20;1-2/h6-7,9-10,13,15,17,19H,5,8,14,16H2,1-4H3;1-2H3. The molecule has 0 heteroatoms. The van der Waals surface area contributed by atoms with Gasteiger partial charge in [0, 0.05) is 11.1 Å². The molecule has 0 amide bonds. The van der Waals surface area contributed by atoms with E-state index >= 15 is 0 Å². The highest BCUT2D eigenvalue weighted by Gasteiger charge is 2.12. The molecule has 24 heavy (non-hydrogen) atoms. The van der Waals surface area contributed by atoms with E-state index in [1.807, 2.05) is 13.8 Å². The summed E-state index contributed by atoms with van der Waals surface area (Å²) in [6, 6.07) is 8.43. The van der Waals surface area contributed by atoms with Crippen LogP contribution in [0.2, 0.25) is 0 Å². The van der Waals surface area contributed by atoms with Crippen LogP contribution < -0.4 is 0 Å². The molecule has 2 rings (SSSR count). The van der Waals surface area contributed by atoms with Crippen LogP contribution in [0.15, 0.2) is 47.6 Å². The van der Waals surface area contributed by atoms with Gasteiger partial charge in [-0.2, -0.15) is 0 Å². The van der Waals surface area contributed by atoms with Crippen molar-refractivity contribution >= 4 is 0 Å². The van der Waals surface area contributed by atoms with Crippen molar-refractivity contribution in [3.63, 3.8) is 0 Å². The first-order valence-corrected chi connectivity index (χ1v) is 9.53. The van der Waals surface area contributed by atoms with Crippen molar-refractivity contribution in [2.75, 3.05) is 0 Å². The van der Waals surface area contributed by atoms with E-state index in [9.17, 15) is 0 Å². The Morgan fingerprint density at radius 1 is 0.875 bits per heavy atom. The molecule has 1 unspecified atom stereocenters. The van der Waals surface area contributed by atoms with Crippen molar-refractivity contribution < 1.29 is 0 Å². The zero-order valence-electron chi connectivity index (χ0n) is 16.4. The van der Waals surface area contributed by atoms with Crippen LogP contribution in [-0.4, -0.2) is 0 Å². The first kappa shape index (κ1) is 20.3. The van der Waals surface area contributed by atoms with Crippen LogP contribution >= 0.6 is 0 Å². The van der Waals surface area contributed by atoms with Gasteiger partial charge in [0.2, 0.25) is 0 Å². The summed E-state index contributed by atoms with van der Waals surface area (Å²) < 4.78 is 0. The van der Waals surface area contributed by atoms with E-state index < -0.39 is 0 Å². The van der Waals surface area contributed by atoms with E-state index in [2.05, 4.69) is 76.0 Å². The predicted molar refractivity (Wildman–Crippen MR) is 108 cm³/mol. The summed E-state index contributed by atoms with van der Waals surface area (Å²) in [6.07, 6.45) is 9.44. The van der Waals surface area contributed by atoms with Gasteiger partial charge in [-0.15, -0.1) is 0 Å². The summed E-state index contributed by atoms with van der Waals surface area (Å²) in [6.45, 7) is 13.1. The van der Waals surface area contributed by atoms with E-state index in [1.54, 1.807) is 5.57 Å². The predicted octanol–water partition coefficient (Wildman–Crippen LogP) is 7.09. The molecule has 1 aliphatic rings. The van der Waals surface area contributed by atoms with E-state index in [0.717, 1.165) is 17.9 Å². The quantitative estimate of drug-likeness (QED) is 0.519. The van der Waals surface area contributed by atoms with Gasteiger partial charge in [-0.1, -0.05) is 88.3 Å². The number of benzene rings is 1. The second-order valence-corrected chi connectivity index (χ2v) is 6.92. The molecule has 0 N–H and O–H groups in total. The zero-order valence-corrected chi connectivity index (χ0v) is 16.4. The van der Waals surface area contributed by atoms with Gasteiger partial charge in [-0.25, -0.2) is 0 Å². The molecule has 0 saturated heterocycles. The molecule has 1 aromatic rings. The van der Waals surface area contributed by atoms with Gasteiger partial charge in [-0.3, -0.25) is 0 Å². The molecule has 0 fully saturated rings. The van der Waals surface area contributed by atoms with Crippen LogP contribution in [0.4, 0.5) is 0 Å². The third kappa shape index (κ3) is 7.22. The van der Waals surface area contributed by atoms with Gasteiger partial charge in [-0.05, 0) is 50.2 Å². The van der Waals surface area contributed by atoms with E-state index in [0.29, 0.717) is 5.92 Å². The lowest BCUT2D eigenvalue weighted by Gasteiger charge is -2.19. The summed E-state index contributed by atoms with van der Waals surface area (Å²) in [7, 11) is 0. The number of aryl methyl sites for hydroxylation is 1. The fourth-order valence-electron chi connectivity index (χ4n) is 2.73. The maximum atomic E-state index is 3.33. The Morgan fingerprint density at radius 2 is 1.54 bits per heavy atom. The highest BCUT2D eigenvalue weighted by Crippen LogP contribution is 2.27. The van der Waals surface area contributed by atoms with Gasteiger partial charge < -0.3 is 0 Å². The molecule has 0 spiro atoms. The molecular formula is C24H34. The van der Waals surface area contributed by atoms with E-state index in [-0.39, 0.29) is 0 Å². The minimum atomic E-state index is 0.713. The fourth-order valence-corrected chi connectivity index (χ4v) is 2.73. The van der Waals surface area contributed by atoms with Crippen molar-refractivity contribution in [1.29, 1.82) is 0 Å². The average Bonchev–Trinajstić information content (AvgIpc) is 2.61. The van der Waals surface area contributed by atoms with Crippen LogP contribution in [0.5, 0.6) is 0 Å². The molecule has 0 aromatic heterocycles. The number of hydrogen-bond acceptors (Lipinski definition) is 0. The minimum Gasteiger partial charge on any atom is -0.0683 e. The minimum absolute atomic E-state index is 0.713. The first-order valence-electron chi connectivity index (χ1n) is 9.53. The smallest absolute Gasteiger partial charge is 0.0249 e. The van der Waals surface area contributed by atoms with Crippen LogP contribution in [0.1, 0.15) is 71.4 Å². The van der Waals surface area contributed by atoms with Crippen molar-refractivity contribution in [2.45, 2.75) is 67.2 Å². The van der Waals surface area contributed by atoms with Gasteiger partial charge in [0.25, 0.3) is 0 Å². The van der Waals surface area contributed by atoms with E-state index in [4.69, 9.17) is 0 Å². The summed E-state index contributed by atoms with van der Waals surface area (Å²) in [5, 5.41) is 0. The Bertz CT molecular complexity index is 600. The monoisotopic (exact) mass is 322 g/mol. The third-order valence-corrected chi connectivity index (χ3v) is 4.41. The zero-order chi connectivity index (χ0) is 17.9. The Balaban J connectivity index is 0.00000139. The van der Waals surface area contributed by atoms with Crippen molar-refractivity contribution in [3.05, 3.63) is 58.7 Å². The molecule has 0 aliphatic heterocycles. The molecule has 1 aliphatic carbocycles. The molecule has 0 radical (unpaired) electrons. The van der Waals surface area contributed by atoms with Crippen LogP contribution in [0.3, 0.4) is 0 Å². The van der Waals surface area contributed by atoms with Gasteiger partial charge in [0.15, 0.2) is 0 Å². The van der Waals surface area contributed by atoms with Crippen LogP contribution in [-0.2, 0) is 0 Å². The number of allylic oxidation sites excluding steroid dienone is 4. The lowest BCUT2D eigenvalue weighted by Crippen LogP contribution is -2.04. The molecule has 1 atom stereocenters. The second kappa shape index (κ2) is 10.9. The summed E-state index contributed by atoms with van der Waals surface area (Å²) in [5.41, 5.74) is 5.25. The topological polar surface area (TPSA) is 0 Å². The van der Waals surface area contributed by atoms with Crippen molar-refractivity contribution in [1.82, 2.24) is 0 Å². The normalized spacial score (nSPS) is 14.6. The Labute approximate surface area is 150 Å². The maximum absolute atomic E-state index is 3.33. The summed E-state index contributed by atoms with van der Waals surface area (Å²) in [5.74, 6) is 8.13. The summed E-state index contributed by atoms with van der Waals surface area (Å²) in [4.78, 5) is 0. The van der Waals surface area contributed by atoms with Crippen molar-refractivity contribution in [2.24, 2.45) is 11.8 Å². The molecular weight excluding hydrogens is 288 g/mol.